The minimum Gasteiger partial charge on any atom is -0.455 e. The maximum atomic E-state index is 14.6. The number of cyclic esters (lactones) is 1. The van der Waals surface area contributed by atoms with Crippen molar-refractivity contribution < 1.29 is 33.8 Å². The Morgan fingerprint density at radius 3 is 2.47 bits per heavy atom. The van der Waals surface area contributed by atoms with Gasteiger partial charge in [0.1, 0.15) is 23.7 Å². The Labute approximate surface area is 266 Å². The molecule has 0 aliphatic carbocycles. The molecule has 4 aliphatic heterocycles. The molecule has 1 aromatic rings. The lowest BCUT2D eigenvalue weighted by molar-refractivity contribution is -0.164. The van der Waals surface area contributed by atoms with Crippen LogP contribution in [0.15, 0.2) is 54.6 Å². The summed E-state index contributed by atoms with van der Waals surface area (Å²) in [6.07, 6.45) is 8.20. The number of nitrogens with zero attached hydrogens (tertiary/aromatic N) is 3. The van der Waals surface area contributed by atoms with Crippen molar-refractivity contribution in [1.29, 1.82) is 0 Å². The average molecular weight is 622 g/mol. The summed E-state index contributed by atoms with van der Waals surface area (Å²) in [4.78, 5) is 61.5. The topological polar surface area (TPSA) is 117 Å². The molecule has 2 saturated heterocycles. The fraction of sp³-hybridized carbons (Fsp3) is 0.600. The van der Waals surface area contributed by atoms with Crippen molar-refractivity contribution in [3.63, 3.8) is 0 Å². The van der Waals surface area contributed by atoms with Crippen molar-refractivity contribution in [3.05, 3.63) is 60.2 Å². The van der Waals surface area contributed by atoms with E-state index in [9.17, 15) is 24.3 Å². The van der Waals surface area contributed by atoms with Gasteiger partial charge in [0.15, 0.2) is 0 Å². The Morgan fingerprint density at radius 2 is 1.80 bits per heavy atom. The summed E-state index contributed by atoms with van der Waals surface area (Å²) >= 11 is 0. The molecular weight excluding hydrogens is 574 g/mol. The summed E-state index contributed by atoms with van der Waals surface area (Å²) in [5.41, 5.74) is -0.641. The van der Waals surface area contributed by atoms with Crippen molar-refractivity contribution >= 4 is 23.7 Å². The van der Waals surface area contributed by atoms with Gasteiger partial charge in [-0.05, 0) is 31.2 Å². The monoisotopic (exact) mass is 621 g/mol. The number of unbranched alkanes of at least 4 members (excludes halogenated alkanes) is 1. The lowest BCUT2D eigenvalue weighted by atomic mass is 9.74. The number of aliphatic hydroxyl groups is 1. The molecule has 2 fully saturated rings. The molecule has 1 aromatic carbocycles. The molecule has 0 saturated carbocycles. The Bertz CT molecular complexity index is 1330. The number of aliphatic hydroxyl groups excluding tert-OH is 1. The van der Waals surface area contributed by atoms with Crippen LogP contribution in [0.25, 0.3) is 0 Å². The maximum absolute atomic E-state index is 14.6. The number of carbonyl (C=O) groups is 4. The molecule has 1 spiro atoms. The first kappa shape index (κ1) is 32.9. The Balaban J connectivity index is 1.62. The summed E-state index contributed by atoms with van der Waals surface area (Å²) in [5.74, 6) is -3.52. The number of rotatable bonds is 7. The van der Waals surface area contributed by atoms with Crippen LogP contribution in [0.5, 0.6) is 0 Å². The van der Waals surface area contributed by atoms with E-state index < -0.39 is 59.6 Å². The fourth-order valence-electron chi connectivity index (χ4n) is 7.37. The first-order chi connectivity index (χ1) is 21.6. The van der Waals surface area contributed by atoms with Crippen molar-refractivity contribution in [2.45, 2.75) is 89.3 Å². The van der Waals surface area contributed by atoms with Crippen LogP contribution in [-0.2, 0) is 28.7 Å². The van der Waals surface area contributed by atoms with Gasteiger partial charge in [-0.2, -0.15) is 0 Å². The summed E-state index contributed by atoms with van der Waals surface area (Å²) in [6.45, 7) is 8.15. The molecule has 3 amide bonds. The number of hydrogen-bond acceptors (Lipinski definition) is 7. The molecule has 0 unspecified atom stereocenters. The smallest absolute Gasteiger partial charge is 0.313 e. The van der Waals surface area contributed by atoms with Crippen LogP contribution in [0.2, 0.25) is 0 Å². The summed E-state index contributed by atoms with van der Waals surface area (Å²) in [5, 5.41) is 10.5. The van der Waals surface area contributed by atoms with Crippen LogP contribution in [0, 0.1) is 17.8 Å². The second-order valence-corrected chi connectivity index (χ2v) is 13.1. The first-order valence-electron chi connectivity index (χ1n) is 16.3. The molecule has 244 valence electrons. The Morgan fingerprint density at radius 1 is 1.07 bits per heavy atom. The van der Waals surface area contributed by atoms with E-state index in [1.165, 1.54) is 4.90 Å². The van der Waals surface area contributed by atoms with E-state index in [1.54, 1.807) is 29.0 Å². The number of benzene rings is 1. The molecule has 0 radical (unpaired) electrons. The van der Waals surface area contributed by atoms with Crippen molar-refractivity contribution in [2.75, 3.05) is 26.7 Å². The van der Waals surface area contributed by atoms with Gasteiger partial charge in [-0.25, -0.2) is 0 Å². The molecule has 4 heterocycles. The third kappa shape index (κ3) is 5.83. The van der Waals surface area contributed by atoms with Crippen molar-refractivity contribution in [2.24, 2.45) is 17.8 Å². The van der Waals surface area contributed by atoms with Gasteiger partial charge < -0.3 is 29.3 Å². The number of esters is 1. The zero-order chi connectivity index (χ0) is 32.5. The lowest BCUT2D eigenvalue weighted by Gasteiger charge is -2.40. The number of ether oxygens (including phenoxy) is 2. The molecular formula is C35H47N3O7. The second-order valence-electron chi connectivity index (χ2n) is 13.1. The van der Waals surface area contributed by atoms with Gasteiger partial charge in [0, 0.05) is 26.6 Å². The molecule has 10 nitrogen and oxygen atoms in total. The molecule has 5 bridgehead atoms. The zero-order valence-corrected chi connectivity index (χ0v) is 27.0. The third-order valence-electron chi connectivity index (χ3n) is 10.1. The Kier molecular flexibility index (Phi) is 9.84. The Hall–Kier alpha value is -3.50. The van der Waals surface area contributed by atoms with Gasteiger partial charge in [0.05, 0.1) is 30.7 Å². The molecule has 10 heteroatoms. The minimum absolute atomic E-state index is 0.0916. The minimum atomic E-state index is -1.37. The average Bonchev–Trinajstić information content (AvgIpc) is 3.67. The predicted molar refractivity (Wildman–Crippen MR) is 167 cm³/mol. The number of amides is 3. The first-order valence-corrected chi connectivity index (χ1v) is 16.3. The number of allylic oxidation sites excluding steroid dienone is 1. The lowest BCUT2D eigenvalue weighted by Crippen LogP contribution is -2.59. The van der Waals surface area contributed by atoms with E-state index in [0.29, 0.717) is 19.5 Å². The quantitative estimate of drug-likeness (QED) is 0.367. The second kappa shape index (κ2) is 13.5. The van der Waals surface area contributed by atoms with Gasteiger partial charge in [-0.15, -0.1) is 0 Å². The molecule has 5 rings (SSSR count). The summed E-state index contributed by atoms with van der Waals surface area (Å²) in [6, 6.07) is 7.08. The van der Waals surface area contributed by atoms with E-state index in [-0.39, 0.29) is 30.8 Å². The number of hydrogen-bond donors (Lipinski definition) is 1. The van der Waals surface area contributed by atoms with E-state index in [4.69, 9.17) is 9.47 Å². The highest BCUT2D eigenvalue weighted by Crippen LogP contribution is 2.56. The number of carbonyl (C=O) groups excluding carboxylic acids is 4. The van der Waals surface area contributed by atoms with E-state index >= 15 is 0 Å². The van der Waals surface area contributed by atoms with Crippen LogP contribution in [0.1, 0.15) is 65.0 Å². The van der Waals surface area contributed by atoms with E-state index in [0.717, 1.165) is 18.4 Å². The van der Waals surface area contributed by atoms with Crippen LogP contribution in [0.3, 0.4) is 0 Å². The predicted octanol–water partition coefficient (Wildman–Crippen LogP) is 3.26. The van der Waals surface area contributed by atoms with Crippen LogP contribution in [-0.4, -0.2) is 100 Å². The number of likely N-dealkylation sites (N-methyl/N-ethyl adjacent to an activating group) is 1. The van der Waals surface area contributed by atoms with Crippen LogP contribution in [0.4, 0.5) is 0 Å². The van der Waals surface area contributed by atoms with Gasteiger partial charge in [0.2, 0.25) is 17.7 Å². The van der Waals surface area contributed by atoms with Gasteiger partial charge >= 0.3 is 5.97 Å². The zero-order valence-electron chi connectivity index (χ0n) is 27.0. The van der Waals surface area contributed by atoms with E-state index in [2.05, 4.69) is 0 Å². The van der Waals surface area contributed by atoms with Crippen LogP contribution >= 0.6 is 0 Å². The number of likely N-dealkylation sites (tertiary alicyclic amines) is 1. The summed E-state index contributed by atoms with van der Waals surface area (Å²) < 4.78 is 12.8. The highest BCUT2D eigenvalue weighted by molar-refractivity contribution is 5.99. The summed E-state index contributed by atoms with van der Waals surface area (Å²) in [7, 11) is 1.71. The van der Waals surface area contributed by atoms with E-state index in [1.807, 2.05) is 70.2 Å². The largest absolute Gasteiger partial charge is 0.455 e. The highest BCUT2D eigenvalue weighted by atomic mass is 16.6. The van der Waals surface area contributed by atoms with Crippen molar-refractivity contribution in [1.82, 2.24) is 14.7 Å². The highest BCUT2D eigenvalue weighted by Gasteiger charge is 2.74. The van der Waals surface area contributed by atoms with Gasteiger partial charge in [-0.3, -0.25) is 19.2 Å². The van der Waals surface area contributed by atoms with Gasteiger partial charge in [0.25, 0.3) is 0 Å². The third-order valence-corrected chi connectivity index (χ3v) is 10.1. The number of fused-ring (bicyclic) bond motifs is 2. The molecule has 4 aliphatic rings. The maximum Gasteiger partial charge on any atom is 0.313 e. The SMILES string of the molecule is CCCCN1C/C=C\CCC(=O)N(C)[C@@H](C)[C@H](c2ccccc2)OC(=O)[C@@H]2[C@H]3C(=O)N([C@@H](CO)C(C)C)[C@H](C1=O)[C@]31C=C[C@H]2O1. The molecule has 8 atom stereocenters. The molecule has 45 heavy (non-hydrogen) atoms. The fourth-order valence-corrected chi connectivity index (χ4v) is 7.37. The normalized spacial score (nSPS) is 33.6. The molecule has 0 aromatic heterocycles. The molecule has 1 N–H and O–H groups in total. The standard InChI is InChI=1S/C35H47N3O7/c1-6-7-19-37-20-13-9-12-16-27(40)36(5)23(4)30(24-14-10-8-11-15-24)44-34(43)28-26-17-18-35(45-26)29(28)32(41)38(31(35)33(37)42)25(21-39)22(2)3/h8-11,13-15,17-18,22-23,25-26,28-31,39H,6-7,12,16,19-21H2,1-5H3/b13-9-/t23-,25-,26+,28-,29-,30+,31+,35-/m0/s1. The van der Waals surface area contributed by atoms with Crippen molar-refractivity contribution in [3.8, 4) is 0 Å². The van der Waals surface area contributed by atoms with Crippen LogP contribution < -0.4 is 0 Å². The van der Waals surface area contributed by atoms with Gasteiger partial charge in [-0.1, -0.05) is 81.8 Å².